The van der Waals surface area contributed by atoms with Crippen LogP contribution in [-0.2, 0) is 6.42 Å². The lowest BCUT2D eigenvalue weighted by atomic mass is 10.1. The van der Waals surface area contributed by atoms with E-state index in [0.29, 0.717) is 12.2 Å². The van der Waals surface area contributed by atoms with Crippen LogP contribution in [0.15, 0.2) is 6.07 Å². The number of nitrogens with one attached hydrogen (secondary N) is 1. The van der Waals surface area contributed by atoms with E-state index in [1.807, 2.05) is 19.0 Å². The molecule has 0 aromatic carbocycles. The Hall–Kier alpha value is -1.70. The third kappa shape index (κ3) is 5.12. The number of nitrogens with zero attached hydrogens (tertiary/aromatic N) is 2. The number of hydrogen-bond donors (Lipinski definition) is 2. The Labute approximate surface area is 115 Å². The van der Waals surface area contributed by atoms with Gasteiger partial charge in [0.25, 0.3) is 0 Å². The minimum atomic E-state index is -4.42. The molecule has 0 spiro atoms. The number of pyridine rings is 1. The molecule has 0 unspecified atom stereocenters. The van der Waals surface area contributed by atoms with Crippen molar-refractivity contribution in [2.75, 3.05) is 45.3 Å². The lowest BCUT2D eigenvalue weighted by molar-refractivity contribution is -0.153. The lowest BCUT2D eigenvalue weighted by Crippen LogP contribution is -2.21. The smallest absolute Gasteiger partial charge is 0.422 e. The maximum Gasteiger partial charge on any atom is 0.422 e. The fraction of sp³-hybridized carbons (Fsp3) is 0.583. The maximum atomic E-state index is 12.1. The molecule has 1 rings (SSSR count). The molecule has 0 saturated heterocycles. The van der Waals surface area contributed by atoms with E-state index in [4.69, 9.17) is 5.73 Å². The number of nitrogen functional groups attached to an aromatic ring is 1. The molecule has 0 aliphatic heterocycles. The molecular formula is C12H19F3N4O. The van der Waals surface area contributed by atoms with Crippen molar-refractivity contribution >= 4 is 11.5 Å². The third-order valence-electron chi connectivity index (χ3n) is 2.53. The molecule has 5 nitrogen and oxygen atoms in total. The van der Waals surface area contributed by atoms with Crippen LogP contribution in [0, 0.1) is 0 Å². The van der Waals surface area contributed by atoms with Crippen molar-refractivity contribution in [3.8, 4) is 5.88 Å². The van der Waals surface area contributed by atoms with Gasteiger partial charge in [-0.25, -0.2) is 0 Å². The average Bonchev–Trinajstić information content (AvgIpc) is 2.33. The summed E-state index contributed by atoms with van der Waals surface area (Å²) in [7, 11) is 5.50. The van der Waals surface area contributed by atoms with Gasteiger partial charge in [-0.2, -0.15) is 18.2 Å². The largest absolute Gasteiger partial charge is 0.466 e. The Morgan fingerprint density at radius 1 is 1.40 bits per heavy atom. The van der Waals surface area contributed by atoms with Crippen LogP contribution in [0.25, 0.3) is 0 Å². The van der Waals surface area contributed by atoms with E-state index in [2.05, 4.69) is 15.0 Å². The minimum absolute atomic E-state index is 0.0991. The van der Waals surface area contributed by atoms with Crippen LogP contribution in [0.5, 0.6) is 5.88 Å². The molecular weight excluding hydrogens is 273 g/mol. The Morgan fingerprint density at radius 3 is 2.55 bits per heavy atom. The van der Waals surface area contributed by atoms with Gasteiger partial charge in [0.1, 0.15) is 5.82 Å². The first kappa shape index (κ1) is 16.4. The predicted molar refractivity (Wildman–Crippen MR) is 72.0 cm³/mol. The number of aromatic nitrogens is 1. The summed E-state index contributed by atoms with van der Waals surface area (Å²) in [6.07, 6.45) is -3.74. The van der Waals surface area contributed by atoms with Crippen LogP contribution in [0.2, 0.25) is 0 Å². The fourth-order valence-corrected chi connectivity index (χ4v) is 1.57. The molecule has 3 N–H and O–H groups in total. The van der Waals surface area contributed by atoms with Crippen LogP contribution in [-0.4, -0.2) is 50.4 Å². The quantitative estimate of drug-likeness (QED) is 0.836. The van der Waals surface area contributed by atoms with Crippen LogP contribution in [0.3, 0.4) is 0 Å². The van der Waals surface area contributed by atoms with Gasteiger partial charge in [0.2, 0.25) is 5.88 Å². The van der Waals surface area contributed by atoms with Crippen molar-refractivity contribution in [2.45, 2.75) is 12.6 Å². The van der Waals surface area contributed by atoms with Crippen LogP contribution in [0.4, 0.5) is 24.7 Å². The summed E-state index contributed by atoms with van der Waals surface area (Å²) in [5.74, 6) is 0.263. The van der Waals surface area contributed by atoms with Gasteiger partial charge in [0.05, 0.1) is 5.69 Å². The van der Waals surface area contributed by atoms with E-state index < -0.39 is 12.8 Å². The highest BCUT2D eigenvalue weighted by Gasteiger charge is 2.29. The molecule has 0 fully saturated rings. The molecule has 20 heavy (non-hydrogen) atoms. The maximum absolute atomic E-state index is 12.1. The lowest BCUT2D eigenvalue weighted by Gasteiger charge is -2.16. The predicted octanol–water partition coefficient (Wildman–Crippen LogP) is 1.75. The molecule has 0 atom stereocenters. The summed E-state index contributed by atoms with van der Waals surface area (Å²) < 4.78 is 41.0. The number of rotatable bonds is 6. The summed E-state index contributed by atoms with van der Waals surface area (Å²) in [4.78, 5) is 5.98. The zero-order chi connectivity index (χ0) is 15.3. The monoisotopic (exact) mass is 292 g/mol. The van der Waals surface area contributed by atoms with Crippen molar-refractivity contribution < 1.29 is 17.9 Å². The molecule has 8 heteroatoms. The van der Waals surface area contributed by atoms with E-state index in [1.54, 1.807) is 13.1 Å². The molecule has 0 saturated carbocycles. The molecule has 1 aromatic heterocycles. The van der Waals surface area contributed by atoms with Crippen LogP contribution < -0.4 is 15.8 Å². The molecule has 0 bridgehead atoms. The normalized spacial score (nSPS) is 11.8. The summed E-state index contributed by atoms with van der Waals surface area (Å²) in [5.41, 5.74) is 6.62. The highest BCUT2D eigenvalue weighted by molar-refractivity contribution is 5.58. The van der Waals surface area contributed by atoms with Crippen molar-refractivity contribution in [2.24, 2.45) is 0 Å². The molecule has 1 heterocycles. The topological polar surface area (TPSA) is 63.4 Å². The van der Waals surface area contributed by atoms with Crippen LogP contribution >= 0.6 is 0 Å². The second-order valence-electron chi connectivity index (χ2n) is 4.60. The van der Waals surface area contributed by atoms with Gasteiger partial charge in [0.15, 0.2) is 6.61 Å². The molecule has 114 valence electrons. The molecule has 0 aliphatic rings. The Balaban J connectivity index is 2.89. The first-order valence-electron chi connectivity index (χ1n) is 6.04. The fourth-order valence-electron chi connectivity index (χ4n) is 1.57. The first-order valence-corrected chi connectivity index (χ1v) is 6.04. The van der Waals surface area contributed by atoms with Crippen molar-refractivity contribution in [3.05, 3.63) is 11.6 Å². The van der Waals surface area contributed by atoms with Crippen molar-refractivity contribution in [1.82, 2.24) is 9.88 Å². The SMILES string of the molecule is CNc1nc(OCC(F)(F)F)c(N)cc1CCN(C)C. The molecule has 0 aliphatic carbocycles. The summed E-state index contributed by atoms with van der Waals surface area (Å²) >= 11 is 0. The van der Waals surface area contributed by atoms with Gasteiger partial charge in [-0.3, -0.25) is 0 Å². The minimum Gasteiger partial charge on any atom is -0.466 e. The number of alkyl halides is 3. The summed E-state index contributed by atoms with van der Waals surface area (Å²) in [5, 5.41) is 2.84. The average molecular weight is 292 g/mol. The highest BCUT2D eigenvalue weighted by Crippen LogP contribution is 2.27. The van der Waals surface area contributed by atoms with Crippen LogP contribution in [0.1, 0.15) is 5.56 Å². The number of likely N-dealkylation sites (N-methyl/N-ethyl adjacent to an activating group) is 1. The van der Waals surface area contributed by atoms with Gasteiger partial charge in [-0.05, 0) is 32.1 Å². The van der Waals surface area contributed by atoms with E-state index in [1.165, 1.54) is 0 Å². The number of nitrogens with two attached hydrogens (primary N) is 1. The van der Waals surface area contributed by atoms with Gasteiger partial charge in [-0.15, -0.1) is 0 Å². The number of anilines is 2. The molecule has 0 radical (unpaired) electrons. The van der Waals surface area contributed by atoms with E-state index in [0.717, 1.165) is 12.1 Å². The first-order chi connectivity index (χ1) is 9.23. The zero-order valence-corrected chi connectivity index (χ0v) is 11.7. The van der Waals surface area contributed by atoms with Gasteiger partial charge >= 0.3 is 6.18 Å². The standard InChI is InChI=1S/C12H19F3N4O/c1-17-10-8(4-5-19(2)3)6-9(16)11(18-10)20-7-12(13,14)15/h6H,4-5,7,16H2,1-3H3,(H,17,18). The Bertz CT molecular complexity index is 449. The van der Waals surface area contributed by atoms with Gasteiger partial charge in [-0.1, -0.05) is 0 Å². The second-order valence-corrected chi connectivity index (χ2v) is 4.60. The zero-order valence-electron chi connectivity index (χ0n) is 11.7. The van der Waals surface area contributed by atoms with E-state index in [-0.39, 0.29) is 11.6 Å². The van der Waals surface area contributed by atoms with E-state index >= 15 is 0 Å². The number of hydrogen-bond acceptors (Lipinski definition) is 5. The third-order valence-corrected chi connectivity index (χ3v) is 2.53. The summed E-state index contributed by atoms with van der Waals surface area (Å²) in [6, 6.07) is 1.59. The Morgan fingerprint density at radius 2 is 2.05 bits per heavy atom. The molecule has 1 aromatic rings. The second kappa shape index (κ2) is 6.65. The number of ether oxygens (including phenoxy) is 1. The van der Waals surface area contributed by atoms with Crippen molar-refractivity contribution in [3.63, 3.8) is 0 Å². The highest BCUT2D eigenvalue weighted by atomic mass is 19.4. The van der Waals surface area contributed by atoms with Crippen molar-refractivity contribution in [1.29, 1.82) is 0 Å². The Kier molecular flexibility index (Phi) is 5.43. The van der Waals surface area contributed by atoms with E-state index in [9.17, 15) is 13.2 Å². The molecule has 0 amide bonds. The summed E-state index contributed by atoms with van der Waals surface area (Å²) in [6.45, 7) is -0.636. The van der Waals surface area contributed by atoms with Gasteiger partial charge < -0.3 is 20.7 Å². The van der Waals surface area contributed by atoms with Gasteiger partial charge in [0, 0.05) is 13.6 Å². The number of halogens is 3.